The minimum atomic E-state index is 0.740. The average Bonchev–Trinajstić information content (AvgIpc) is 3.28. The first-order valence-corrected chi connectivity index (χ1v) is 24.0. The molecule has 0 aliphatic heterocycles. The van der Waals surface area contributed by atoms with E-state index in [4.69, 9.17) is 9.97 Å². The number of pyridine rings is 2. The van der Waals surface area contributed by atoms with Gasteiger partial charge in [0.2, 0.25) is 0 Å². The van der Waals surface area contributed by atoms with Crippen LogP contribution in [0.5, 0.6) is 0 Å². The molecule has 2 aromatic carbocycles. The predicted octanol–water partition coefficient (Wildman–Crippen LogP) is 16.0. The summed E-state index contributed by atoms with van der Waals surface area (Å²) >= 11 is 0. The summed E-state index contributed by atoms with van der Waals surface area (Å²) in [6.07, 6.45) is 24.5. The number of nitrogens with zero attached hydrogens (tertiary/aromatic N) is 4. The largest absolute Gasteiger partial charge is 0.371 e. The van der Waals surface area contributed by atoms with Crippen molar-refractivity contribution < 1.29 is 0 Å². The van der Waals surface area contributed by atoms with Crippen LogP contribution in [0.25, 0.3) is 33.6 Å². The van der Waals surface area contributed by atoms with Gasteiger partial charge in [-0.3, -0.25) is 9.97 Å². The molecule has 4 nitrogen and oxygen atoms in total. The van der Waals surface area contributed by atoms with Gasteiger partial charge >= 0.3 is 0 Å². The molecule has 58 heavy (non-hydrogen) atoms. The molecule has 0 radical (unpaired) electrons. The number of rotatable bonds is 29. The molecular weight excluding hydrogens is 705 g/mol. The van der Waals surface area contributed by atoms with Crippen LogP contribution in [0.1, 0.15) is 158 Å². The van der Waals surface area contributed by atoms with Crippen molar-refractivity contribution in [3.05, 3.63) is 85.2 Å². The number of aromatic nitrogens is 2. The molecule has 2 heterocycles. The Kier molecular flexibility index (Phi) is 21.4. The summed E-state index contributed by atoms with van der Waals surface area (Å²) in [7, 11) is 0. The van der Waals surface area contributed by atoms with Gasteiger partial charge in [-0.1, -0.05) is 157 Å². The highest BCUT2D eigenvalue weighted by atomic mass is 15.1. The Hall–Kier alpha value is -3.66. The number of hydrogen-bond acceptors (Lipinski definition) is 4. The predicted molar refractivity (Wildman–Crippen MR) is 256 cm³/mol. The SMILES string of the molecule is CCCCC(CC)CN(CC(CC)CCCC)c1ccc(-c2ccnc(-c3cc(-c4ccc(N(CC(CC)CCCC)CC(CC)CCCC)cc4)ccn3)c2)cc1. The van der Waals surface area contributed by atoms with E-state index in [0.717, 1.165) is 61.2 Å². The topological polar surface area (TPSA) is 32.3 Å². The van der Waals surface area contributed by atoms with Crippen LogP contribution < -0.4 is 9.80 Å². The van der Waals surface area contributed by atoms with Crippen molar-refractivity contribution in [3.63, 3.8) is 0 Å². The molecule has 0 saturated heterocycles. The first kappa shape index (κ1) is 47.0. The third kappa shape index (κ3) is 14.9. The highest BCUT2D eigenvalue weighted by Gasteiger charge is 2.20. The zero-order chi connectivity index (χ0) is 41.5. The Morgan fingerprint density at radius 2 is 0.672 bits per heavy atom. The minimum absolute atomic E-state index is 0.740. The molecule has 0 fully saturated rings. The van der Waals surface area contributed by atoms with E-state index >= 15 is 0 Å². The maximum atomic E-state index is 4.82. The monoisotopic (exact) mass is 787 g/mol. The maximum Gasteiger partial charge on any atom is 0.0892 e. The lowest BCUT2D eigenvalue weighted by atomic mass is 9.95. The van der Waals surface area contributed by atoms with Gasteiger partial charge in [0.1, 0.15) is 0 Å². The molecular formula is C54H82N4. The van der Waals surface area contributed by atoms with Gasteiger partial charge in [0, 0.05) is 49.9 Å². The Morgan fingerprint density at radius 3 is 0.931 bits per heavy atom. The van der Waals surface area contributed by atoms with E-state index in [9.17, 15) is 0 Å². The molecule has 0 bridgehead atoms. The van der Waals surface area contributed by atoms with Crippen molar-refractivity contribution in [1.82, 2.24) is 9.97 Å². The minimum Gasteiger partial charge on any atom is -0.371 e. The van der Waals surface area contributed by atoms with Crippen LogP contribution in [-0.2, 0) is 0 Å². The first-order chi connectivity index (χ1) is 28.4. The van der Waals surface area contributed by atoms with Crippen LogP contribution in [-0.4, -0.2) is 36.1 Å². The Labute approximate surface area is 356 Å². The second-order valence-corrected chi connectivity index (χ2v) is 17.4. The summed E-state index contributed by atoms with van der Waals surface area (Å²) in [6, 6.07) is 27.4. The molecule has 0 amide bonds. The average molecular weight is 787 g/mol. The van der Waals surface area contributed by atoms with E-state index in [0.29, 0.717) is 0 Å². The lowest BCUT2D eigenvalue weighted by molar-refractivity contribution is 0.403. The van der Waals surface area contributed by atoms with Gasteiger partial charge in [-0.05, 0) is 120 Å². The van der Waals surface area contributed by atoms with Gasteiger partial charge in [0.25, 0.3) is 0 Å². The summed E-state index contributed by atoms with van der Waals surface area (Å²) in [5.74, 6) is 2.96. The molecule has 4 unspecified atom stereocenters. The third-order valence-corrected chi connectivity index (χ3v) is 13.0. The van der Waals surface area contributed by atoms with Gasteiger partial charge in [0.15, 0.2) is 0 Å². The molecule has 0 spiro atoms. The molecule has 0 N–H and O–H groups in total. The third-order valence-electron chi connectivity index (χ3n) is 13.0. The Bertz CT molecular complexity index is 1500. The fraction of sp³-hybridized carbons (Fsp3) is 0.593. The van der Waals surface area contributed by atoms with Gasteiger partial charge in [-0.25, -0.2) is 0 Å². The second kappa shape index (κ2) is 26.4. The van der Waals surface area contributed by atoms with Gasteiger partial charge < -0.3 is 9.80 Å². The van der Waals surface area contributed by atoms with Gasteiger partial charge in [-0.2, -0.15) is 0 Å². The van der Waals surface area contributed by atoms with Gasteiger partial charge in [0.05, 0.1) is 11.4 Å². The van der Waals surface area contributed by atoms with Crippen LogP contribution in [0.2, 0.25) is 0 Å². The van der Waals surface area contributed by atoms with Crippen LogP contribution >= 0.6 is 0 Å². The molecule has 0 saturated carbocycles. The zero-order valence-electron chi connectivity index (χ0n) is 38.3. The number of unbranched alkanes of at least 4 members (excludes halogenated alkanes) is 4. The molecule has 4 rings (SSSR count). The molecule has 4 heteroatoms. The fourth-order valence-electron chi connectivity index (χ4n) is 8.72. The lowest BCUT2D eigenvalue weighted by Crippen LogP contribution is -2.34. The smallest absolute Gasteiger partial charge is 0.0892 e. The summed E-state index contributed by atoms with van der Waals surface area (Å²) in [5, 5.41) is 0. The normalized spacial score (nSPS) is 13.6. The summed E-state index contributed by atoms with van der Waals surface area (Å²) in [5.41, 5.74) is 9.33. The van der Waals surface area contributed by atoms with Crippen LogP contribution in [0, 0.1) is 23.7 Å². The van der Waals surface area contributed by atoms with Crippen molar-refractivity contribution in [2.45, 2.75) is 158 Å². The number of hydrogen-bond donors (Lipinski definition) is 0. The highest BCUT2D eigenvalue weighted by Crippen LogP contribution is 2.32. The maximum absolute atomic E-state index is 4.82. The summed E-state index contributed by atoms with van der Waals surface area (Å²) < 4.78 is 0. The van der Waals surface area contributed by atoms with Crippen molar-refractivity contribution >= 4 is 11.4 Å². The van der Waals surface area contributed by atoms with E-state index in [1.807, 2.05) is 12.4 Å². The van der Waals surface area contributed by atoms with Crippen molar-refractivity contribution in [2.75, 3.05) is 36.0 Å². The number of anilines is 2. The lowest BCUT2D eigenvalue weighted by Gasteiger charge is -2.32. The molecule has 0 aliphatic rings. The fourth-order valence-corrected chi connectivity index (χ4v) is 8.72. The van der Waals surface area contributed by atoms with E-state index < -0.39 is 0 Å². The van der Waals surface area contributed by atoms with Crippen molar-refractivity contribution in [1.29, 1.82) is 0 Å². The first-order valence-electron chi connectivity index (χ1n) is 24.0. The Morgan fingerprint density at radius 1 is 0.379 bits per heavy atom. The van der Waals surface area contributed by atoms with E-state index in [1.54, 1.807) is 0 Å². The van der Waals surface area contributed by atoms with Gasteiger partial charge in [-0.15, -0.1) is 0 Å². The van der Waals surface area contributed by atoms with Crippen molar-refractivity contribution in [3.8, 4) is 33.6 Å². The van der Waals surface area contributed by atoms with Crippen LogP contribution in [0.4, 0.5) is 11.4 Å². The summed E-state index contributed by atoms with van der Waals surface area (Å²) in [4.78, 5) is 15.1. The highest BCUT2D eigenvalue weighted by molar-refractivity contribution is 5.74. The quantitative estimate of drug-likeness (QED) is 0.0549. The molecule has 4 atom stereocenters. The van der Waals surface area contributed by atoms with E-state index in [2.05, 4.69) is 138 Å². The Balaban J connectivity index is 1.54. The van der Waals surface area contributed by atoms with E-state index in [1.165, 1.54) is 136 Å². The molecule has 4 aromatic rings. The van der Waals surface area contributed by atoms with Crippen LogP contribution in [0.3, 0.4) is 0 Å². The summed E-state index contributed by atoms with van der Waals surface area (Å²) in [6.45, 7) is 23.4. The van der Waals surface area contributed by atoms with E-state index in [-0.39, 0.29) is 0 Å². The van der Waals surface area contributed by atoms with Crippen LogP contribution in [0.15, 0.2) is 85.2 Å². The zero-order valence-corrected chi connectivity index (χ0v) is 38.3. The molecule has 318 valence electrons. The molecule has 2 aromatic heterocycles. The number of benzene rings is 2. The van der Waals surface area contributed by atoms with Crippen molar-refractivity contribution in [2.24, 2.45) is 23.7 Å². The second-order valence-electron chi connectivity index (χ2n) is 17.4. The molecule has 0 aliphatic carbocycles. The standard InChI is InChI=1S/C54H82N4/c1-9-17-21-43(13-5)39-57(40-44(14-6)22-18-10-2)51-29-25-47(26-30-51)49-33-35-55-53(37-49)54-38-50(34-36-56-54)48-27-31-52(32-28-48)58(41-45(15-7)23-19-11-3)42-46(16-8)24-20-12-4/h25-38,43-46H,9-24,39-42H2,1-8H3.